The van der Waals surface area contributed by atoms with Crippen molar-refractivity contribution < 1.29 is 9.47 Å². The molecule has 3 fully saturated rings. The molecule has 1 aliphatic heterocycles. The van der Waals surface area contributed by atoms with Gasteiger partial charge in [0.2, 0.25) is 0 Å². The molecular weight excluding hydrogens is 326 g/mol. The van der Waals surface area contributed by atoms with Crippen molar-refractivity contribution in [1.82, 2.24) is 10.2 Å². The number of hydrogen-bond acceptors (Lipinski definition) is 3. The van der Waals surface area contributed by atoms with Crippen molar-refractivity contribution in [2.45, 2.75) is 44.8 Å². The Balaban J connectivity index is 1.30. The van der Waals surface area contributed by atoms with Crippen LogP contribution in [0.15, 0.2) is 29.3 Å². The first-order valence-electron chi connectivity index (χ1n) is 9.89. The number of nitrogens with zero attached hydrogens (tertiary/aromatic N) is 2. The third-order valence-electron chi connectivity index (χ3n) is 6.61. The van der Waals surface area contributed by atoms with Crippen molar-refractivity contribution in [3.63, 3.8) is 0 Å². The number of guanidine groups is 1. The van der Waals surface area contributed by atoms with Gasteiger partial charge in [-0.25, -0.2) is 0 Å². The zero-order valence-corrected chi connectivity index (χ0v) is 16.2. The maximum atomic E-state index is 6.02. The summed E-state index contributed by atoms with van der Waals surface area (Å²) in [6, 6.07) is 8.72. The first kappa shape index (κ1) is 17.7. The number of benzene rings is 1. The number of rotatable bonds is 5. The van der Waals surface area contributed by atoms with Crippen LogP contribution in [0.25, 0.3) is 0 Å². The number of hydrogen-bond donors (Lipinski definition) is 1. The molecule has 1 heterocycles. The topological polar surface area (TPSA) is 46.1 Å². The monoisotopic (exact) mass is 357 g/mol. The third kappa shape index (κ3) is 2.96. The molecule has 3 atom stereocenters. The summed E-state index contributed by atoms with van der Waals surface area (Å²) in [5, 5.41) is 3.76. The Morgan fingerprint density at radius 2 is 2.12 bits per heavy atom. The van der Waals surface area contributed by atoms with Gasteiger partial charge in [-0.1, -0.05) is 24.1 Å². The molecule has 1 aromatic carbocycles. The van der Waals surface area contributed by atoms with Gasteiger partial charge in [0.1, 0.15) is 12.4 Å². The average molecular weight is 357 g/mol. The standard InChI is InChI=1S/C21H31N3O2/c1-15-5-7-16(8-6-15)25-14-12-24(3)20(22-2)23-18-17-9-13-26-19(17)21(18)10-4-11-21/h5-8,17-19H,4,9-14H2,1-3H3,(H,22,23). The second-order valence-electron chi connectivity index (χ2n) is 8.08. The fourth-order valence-corrected chi connectivity index (χ4v) is 4.98. The summed E-state index contributed by atoms with van der Waals surface area (Å²) in [4.78, 5) is 6.69. The fraction of sp³-hybridized carbons (Fsp3) is 0.667. The van der Waals surface area contributed by atoms with Crippen molar-refractivity contribution in [2.75, 3.05) is 33.9 Å². The Bertz CT molecular complexity index is 654. The van der Waals surface area contributed by atoms with E-state index < -0.39 is 0 Å². The third-order valence-corrected chi connectivity index (χ3v) is 6.61. The van der Waals surface area contributed by atoms with Crippen LogP contribution in [0.5, 0.6) is 5.75 Å². The predicted octanol–water partition coefficient (Wildman–Crippen LogP) is 2.84. The van der Waals surface area contributed by atoms with Gasteiger partial charge >= 0.3 is 0 Å². The molecule has 5 heteroatoms. The number of nitrogens with one attached hydrogen (secondary N) is 1. The van der Waals surface area contributed by atoms with Gasteiger partial charge in [0.25, 0.3) is 0 Å². The molecule has 4 rings (SSSR count). The van der Waals surface area contributed by atoms with E-state index in [9.17, 15) is 0 Å². The maximum Gasteiger partial charge on any atom is 0.193 e. The summed E-state index contributed by atoms with van der Waals surface area (Å²) in [6.45, 7) is 4.46. The van der Waals surface area contributed by atoms with E-state index in [0.717, 1.165) is 24.9 Å². The number of fused-ring (bicyclic) bond motifs is 2. The summed E-state index contributed by atoms with van der Waals surface area (Å²) < 4.78 is 11.9. The second-order valence-corrected chi connectivity index (χ2v) is 8.08. The molecule has 0 bridgehead atoms. The van der Waals surface area contributed by atoms with Gasteiger partial charge in [0.05, 0.1) is 12.6 Å². The summed E-state index contributed by atoms with van der Waals surface area (Å²) in [6.07, 6.45) is 5.60. The van der Waals surface area contributed by atoms with Crippen molar-refractivity contribution >= 4 is 5.96 Å². The molecule has 0 radical (unpaired) electrons. The zero-order chi connectivity index (χ0) is 18.1. The van der Waals surface area contributed by atoms with Gasteiger partial charge in [-0.3, -0.25) is 4.99 Å². The second kappa shape index (κ2) is 7.10. The highest BCUT2D eigenvalue weighted by Crippen LogP contribution is 2.62. The molecule has 142 valence electrons. The molecule has 1 saturated heterocycles. The highest BCUT2D eigenvalue weighted by atomic mass is 16.5. The minimum absolute atomic E-state index is 0.371. The molecule has 3 unspecified atom stereocenters. The van der Waals surface area contributed by atoms with Gasteiger partial charge in [-0.15, -0.1) is 0 Å². The Morgan fingerprint density at radius 1 is 1.35 bits per heavy atom. The van der Waals surface area contributed by atoms with E-state index in [0.29, 0.717) is 30.1 Å². The first-order chi connectivity index (χ1) is 12.6. The summed E-state index contributed by atoms with van der Waals surface area (Å²) in [5.41, 5.74) is 1.62. The highest BCUT2D eigenvalue weighted by molar-refractivity contribution is 5.80. The molecule has 1 spiro atoms. The Morgan fingerprint density at radius 3 is 2.77 bits per heavy atom. The van der Waals surface area contributed by atoms with Gasteiger partial charge < -0.3 is 19.7 Å². The molecule has 2 aliphatic carbocycles. The van der Waals surface area contributed by atoms with Gasteiger partial charge in [0, 0.05) is 38.1 Å². The molecule has 5 nitrogen and oxygen atoms in total. The molecule has 1 N–H and O–H groups in total. The Hall–Kier alpha value is -1.75. The number of likely N-dealkylation sites (N-methyl/N-ethyl adjacent to an activating group) is 1. The predicted molar refractivity (Wildman–Crippen MR) is 104 cm³/mol. The minimum atomic E-state index is 0.371. The van der Waals surface area contributed by atoms with Gasteiger partial charge in [-0.2, -0.15) is 0 Å². The molecule has 1 aromatic rings. The van der Waals surface area contributed by atoms with E-state index in [1.165, 1.54) is 31.2 Å². The van der Waals surface area contributed by atoms with Crippen LogP contribution >= 0.6 is 0 Å². The largest absolute Gasteiger partial charge is 0.492 e. The quantitative estimate of drug-likeness (QED) is 0.650. The molecule has 2 saturated carbocycles. The van der Waals surface area contributed by atoms with E-state index in [2.05, 4.69) is 41.3 Å². The van der Waals surface area contributed by atoms with Crippen LogP contribution < -0.4 is 10.1 Å². The van der Waals surface area contributed by atoms with Crippen molar-refractivity contribution in [3.8, 4) is 5.75 Å². The van der Waals surface area contributed by atoms with E-state index in [1.807, 2.05) is 19.2 Å². The van der Waals surface area contributed by atoms with E-state index >= 15 is 0 Å². The molecular formula is C21H31N3O2. The zero-order valence-electron chi connectivity index (χ0n) is 16.2. The lowest BCUT2D eigenvalue weighted by Gasteiger charge is -2.63. The van der Waals surface area contributed by atoms with Crippen molar-refractivity contribution in [2.24, 2.45) is 16.3 Å². The van der Waals surface area contributed by atoms with Crippen LogP contribution in [0.3, 0.4) is 0 Å². The molecule has 0 aromatic heterocycles. The number of aryl methyl sites for hydroxylation is 1. The van der Waals surface area contributed by atoms with Crippen LogP contribution in [-0.4, -0.2) is 56.9 Å². The SMILES string of the molecule is CN=C(NC1C2CCOC2C12CCC2)N(C)CCOc1ccc(C)cc1. The molecule has 3 aliphatic rings. The number of ether oxygens (including phenoxy) is 2. The van der Waals surface area contributed by atoms with Crippen molar-refractivity contribution in [1.29, 1.82) is 0 Å². The summed E-state index contributed by atoms with van der Waals surface area (Å²) in [7, 11) is 3.96. The average Bonchev–Trinajstić information content (AvgIpc) is 3.01. The van der Waals surface area contributed by atoms with Gasteiger partial charge in [0.15, 0.2) is 5.96 Å². The smallest absolute Gasteiger partial charge is 0.193 e. The van der Waals surface area contributed by atoms with Crippen LogP contribution in [0, 0.1) is 18.3 Å². The summed E-state index contributed by atoms with van der Waals surface area (Å²) >= 11 is 0. The molecule has 26 heavy (non-hydrogen) atoms. The van der Waals surface area contributed by atoms with Crippen LogP contribution in [-0.2, 0) is 4.74 Å². The normalized spacial score (nSPS) is 28.9. The molecule has 0 amide bonds. The highest BCUT2D eigenvalue weighted by Gasteiger charge is 2.66. The summed E-state index contributed by atoms with van der Waals surface area (Å²) in [5.74, 6) is 2.55. The first-order valence-corrected chi connectivity index (χ1v) is 9.89. The maximum absolute atomic E-state index is 6.02. The van der Waals surface area contributed by atoms with E-state index in [-0.39, 0.29) is 0 Å². The lowest BCUT2D eigenvalue weighted by molar-refractivity contribution is -0.171. The van der Waals surface area contributed by atoms with E-state index in [4.69, 9.17) is 9.47 Å². The minimum Gasteiger partial charge on any atom is -0.492 e. The van der Waals surface area contributed by atoms with Crippen LogP contribution in [0.2, 0.25) is 0 Å². The Kier molecular flexibility index (Phi) is 4.82. The van der Waals surface area contributed by atoms with Crippen LogP contribution in [0.1, 0.15) is 31.2 Å². The number of aliphatic imine (C=N–C) groups is 1. The van der Waals surface area contributed by atoms with E-state index in [1.54, 1.807) is 0 Å². The fourth-order valence-electron chi connectivity index (χ4n) is 4.98. The van der Waals surface area contributed by atoms with Crippen molar-refractivity contribution in [3.05, 3.63) is 29.8 Å². The lowest BCUT2D eigenvalue weighted by atomic mass is 9.46. The lowest BCUT2D eigenvalue weighted by Crippen LogP contribution is -2.72. The Labute approximate surface area is 156 Å². The van der Waals surface area contributed by atoms with Gasteiger partial charge in [-0.05, 0) is 38.3 Å². The van der Waals surface area contributed by atoms with Crippen LogP contribution in [0.4, 0.5) is 0 Å².